The first kappa shape index (κ1) is 10.9. The van der Waals surface area contributed by atoms with E-state index in [4.69, 9.17) is 0 Å². The average Bonchev–Trinajstić information content (AvgIpc) is 2.26. The SMILES string of the molecule is Cc1ccc(-c2cc(C)c(C)c(C)c2)cc1. The van der Waals surface area contributed by atoms with Gasteiger partial charge >= 0.3 is 0 Å². The standard InChI is InChI=1S/C16H18/c1-11-5-7-15(8-6-11)16-9-12(2)14(4)13(3)10-16/h5-10H,1-4H3. The smallest absolute Gasteiger partial charge is 0.0179 e. The molecule has 0 nitrogen and oxygen atoms in total. The highest BCUT2D eigenvalue weighted by Gasteiger charge is 2.02. The monoisotopic (exact) mass is 210 g/mol. The molecule has 0 saturated carbocycles. The van der Waals surface area contributed by atoms with Gasteiger partial charge in [-0.1, -0.05) is 42.0 Å². The largest absolute Gasteiger partial charge is 0.0587 e. The van der Waals surface area contributed by atoms with E-state index in [9.17, 15) is 0 Å². The summed E-state index contributed by atoms with van der Waals surface area (Å²) in [5.74, 6) is 0. The molecule has 2 rings (SSSR count). The van der Waals surface area contributed by atoms with Crippen LogP contribution in [0.4, 0.5) is 0 Å². The predicted molar refractivity (Wildman–Crippen MR) is 70.8 cm³/mol. The molecule has 2 aromatic carbocycles. The van der Waals surface area contributed by atoms with Gasteiger partial charge in [0.25, 0.3) is 0 Å². The number of hydrogen-bond acceptors (Lipinski definition) is 0. The lowest BCUT2D eigenvalue weighted by Crippen LogP contribution is -1.88. The van der Waals surface area contributed by atoms with Gasteiger partial charge in [-0.05, 0) is 55.5 Å². The first-order chi connectivity index (χ1) is 7.58. The van der Waals surface area contributed by atoms with Crippen LogP contribution in [0.25, 0.3) is 11.1 Å². The Labute approximate surface area is 97.9 Å². The van der Waals surface area contributed by atoms with E-state index < -0.39 is 0 Å². The molecule has 0 heterocycles. The third kappa shape index (κ3) is 2.01. The van der Waals surface area contributed by atoms with E-state index >= 15 is 0 Å². The summed E-state index contributed by atoms with van der Waals surface area (Å²) in [6.07, 6.45) is 0. The van der Waals surface area contributed by atoms with Crippen molar-refractivity contribution in [1.29, 1.82) is 0 Å². The second kappa shape index (κ2) is 4.13. The van der Waals surface area contributed by atoms with E-state index in [2.05, 4.69) is 64.1 Å². The fourth-order valence-corrected chi connectivity index (χ4v) is 1.95. The van der Waals surface area contributed by atoms with Gasteiger partial charge in [-0.3, -0.25) is 0 Å². The van der Waals surface area contributed by atoms with Gasteiger partial charge in [0, 0.05) is 0 Å². The molecule has 0 fully saturated rings. The summed E-state index contributed by atoms with van der Waals surface area (Å²) in [5, 5.41) is 0. The number of aryl methyl sites for hydroxylation is 3. The van der Waals surface area contributed by atoms with E-state index in [1.807, 2.05) is 0 Å². The van der Waals surface area contributed by atoms with Gasteiger partial charge in [0.05, 0.1) is 0 Å². The Balaban J connectivity index is 2.52. The molecule has 0 heteroatoms. The Hall–Kier alpha value is -1.56. The molecule has 2 aromatic rings. The fourth-order valence-electron chi connectivity index (χ4n) is 1.95. The van der Waals surface area contributed by atoms with Crippen molar-refractivity contribution in [3.8, 4) is 11.1 Å². The lowest BCUT2D eigenvalue weighted by atomic mass is 9.96. The Kier molecular flexibility index (Phi) is 2.82. The summed E-state index contributed by atoms with van der Waals surface area (Å²) >= 11 is 0. The van der Waals surface area contributed by atoms with Crippen LogP contribution >= 0.6 is 0 Å². The molecule has 0 unspecified atom stereocenters. The first-order valence-corrected chi connectivity index (χ1v) is 5.73. The van der Waals surface area contributed by atoms with Crippen molar-refractivity contribution < 1.29 is 0 Å². The molecule has 0 atom stereocenters. The highest BCUT2D eigenvalue weighted by atomic mass is 14.1. The molecule has 0 aliphatic heterocycles. The van der Waals surface area contributed by atoms with Crippen molar-refractivity contribution >= 4 is 0 Å². The summed E-state index contributed by atoms with van der Waals surface area (Å²) in [6.45, 7) is 8.67. The lowest BCUT2D eigenvalue weighted by Gasteiger charge is -2.09. The van der Waals surface area contributed by atoms with Crippen LogP contribution in [0.2, 0.25) is 0 Å². The van der Waals surface area contributed by atoms with Gasteiger partial charge in [0.15, 0.2) is 0 Å². The van der Waals surface area contributed by atoms with Crippen LogP contribution in [0.1, 0.15) is 22.3 Å². The Bertz CT molecular complexity index is 481. The van der Waals surface area contributed by atoms with Gasteiger partial charge in [-0.25, -0.2) is 0 Å². The third-order valence-corrected chi connectivity index (χ3v) is 3.31. The Morgan fingerprint density at radius 1 is 0.625 bits per heavy atom. The summed E-state index contributed by atoms with van der Waals surface area (Å²) in [4.78, 5) is 0. The fraction of sp³-hybridized carbons (Fsp3) is 0.250. The van der Waals surface area contributed by atoms with E-state index in [1.165, 1.54) is 33.4 Å². The summed E-state index contributed by atoms with van der Waals surface area (Å²) in [6, 6.07) is 13.3. The second-order valence-electron chi connectivity index (χ2n) is 4.60. The number of benzene rings is 2. The van der Waals surface area contributed by atoms with Crippen molar-refractivity contribution in [2.75, 3.05) is 0 Å². The third-order valence-electron chi connectivity index (χ3n) is 3.31. The maximum Gasteiger partial charge on any atom is -0.0179 e. The quantitative estimate of drug-likeness (QED) is 0.646. The average molecular weight is 210 g/mol. The minimum absolute atomic E-state index is 1.30. The lowest BCUT2D eigenvalue weighted by molar-refractivity contribution is 1.27. The van der Waals surface area contributed by atoms with Crippen molar-refractivity contribution in [3.05, 3.63) is 58.7 Å². The van der Waals surface area contributed by atoms with Crippen LogP contribution in [-0.4, -0.2) is 0 Å². The summed E-state index contributed by atoms with van der Waals surface area (Å²) < 4.78 is 0. The van der Waals surface area contributed by atoms with E-state index in [1.54, 1.807) is 0 Å². The van der Waals surface area contributed by atoms with E-state index in [0.29, 0.717) is 0 Å². The summed E-state index contributed by atoms with van der Waals surface area (Å²) in [5.41, 5.74) is 8.07. The molecule has 0 aromatic heterocycles. The Morgan fingerprint density at radius 3 is 1.62 bits per heavy atom. The van der Waals surface area contributed by atoms with Crippen molar-refractivity contribution in [3.63, 3.8) is 0 Å². The topological polar surface area (TPSA) is 0 Å². The molecular formula is C16H18. The molecule has 82 valence electrons. The van der Waals surface area contributed by atoms with Crippen LogP contribution < -0.4 is 0 Å². The molecule has 0 radical (unpaired) electrons. The zero-order chi connectivity index (χ0) is 11.7. The van der Waals surface area contributed by atoms with E-state index in [-0.39, 0.29) is 0 Å². The Morgan fingerprint density at radius 2 is 1.12 bits per heavy atom. The predicted octanol–water partition coefficient (Wildman–Crippen LogP) is 4.59. The minimum atomic E-state index is 1.30. The van der Waals surface area contributed by atoms with Crippen LogP contribution in [-0.2, 0) is 0 Å². The van der Waals surface area contributed by atoms with Crippen molar-refractivity contribution in [2.45, 2.75) is 27.7 Å². The molecule has 0 spiro atoms. The normalized spacial score (nSPS) is 10.5. The van der Waals surface area contributed by atoms with Crippen LogP contribution in [0, 0.1) is 27.7 Å². The highest BCUT2D eigenvalue weighted by molar-refractivity contribution is 5.66. The molecule has 0 bridgehead atoms. The van der Waals surface area contributed by atoms with Gasteiger partial charge < -0.3 is 0 Å². The molecule has 0 N–H and O–H groups in total. The zero-order valence-corrected chi connectivity index (χ0v) is 10.5. The van der Waals surface area contributed by atoms with Gasteiger partial charge in [-0.15, -0.1) is 0 Å². The van der Waals surface area contributed by atoms with Crippen LogP contribution in [0.3, 0.4) is 0 Å². The molecule has 0 aliphatic rings. The highest BCUT2D eigenvalue weighted by Crippen LogP contribution is 2.24. The number of rotatable bonds is 1. The van der Waals surface area contributed by atoms with Gasteiger partial charge in [0.1, 0.15) is 0 Å². The maximum atomic E-state index is 2.27. The first-order valence-electron chi connectivity index (χ1n) is 5.73. The van der Waals surface area contributed by atoms with E-state index in [0.717, 1.165) is 0 Å². The zero-order valence-electron chi connectivity index (χ0n) is 10.5. The van der Waals surface area contributed by atoms with Gasteiger partial charge in [-0.2, -0.15) is 0 Å². The molecule has 0 saturated heterocycles. The minimum Gasteiger partial charge on any atom is -0.0587 e. The molecule has 16 heavy (non-hydrogen) atoms. The van der Waals surface area contributed by atoms with Crippen LogP contribution in [0.5, 0.6) is 0 Å². The van der Waals surface area contributed by atoms with Gasteiger partial charge in [0.2, 0.25) is 0 Å². The molecule has 0 amide bonds. The summed E-state index contributed by atoms with van der Waals surface area (Å²) in [7, 11) is 0. The number of hydrogen-bond donors (Lipinski definition) is 0. The van der Waals surface area contributed by atoms with Crippen LogP contribution in [0.15, 0.2) is 36.4 Å². The second-order valence-corrected chi connectivity index (χ2v) is 4.60. The van der Waals surface area contributed by atoms with Crippen molar-refractivity contribution in [1.82, 2.24) is 0 Å². The molecule has 0 aliphatic carbocycles. The maximum absolute atomic E-state index is 2.27. The molecular weight excluding hydrogens is 192 g/mol. The van der Waals surface area contributed by atoms with Crippen molar-refractivity contribution in [2.24, 2.45) is 0 Å².